The van der Waals surface area contributed by atoms with E-state index < -0.39 is 11.7 Å². The molecular weight excluding hydrogens is 337 g/mol. The summed E-state index contributed by atoms with van der Waals surface area (Å²) >= 11 is 0. The summed E-state index contributed by atoms with van der Waals surface area (Å²) in [6.07, 6.45) is -3.01. The number of alkyl halides is 3. The third-order valence-electron chi connectivity index (χ3n) is 2.89. The van der Waals surface area contributed by atoms with Crippen molar-refractivity contribution in [3.8, 4) is 11.6 Å². The van der Waals surface area contributed by atoms with E-state index in [2.05, 4.69) is 21.9 Å². The van der Waals surface area contributed by atoms with E-state index in [1.807, 2.05) is 0 Å². The molecule has 0 amide bonds. The number of nitrogens with zero attached hydrogens (tertiary/aromatic N) is 3. The first kappa shape index (κ1) is 18.2. The van der Waals surface area contributed by atoms with Gasteiger partial charge in [-0.25, -0.2) is 0 Å². The number of oxime groups is 1. The van der Waals surface area contributed by atoms with Crippen molar-refractivity contribution < 1.29 is 22.7 Å². The van der Waals surface area contributed by atoms with Gasteiger partial charge >= 0.3 is 6.18 Å². The summed E-state index contributed by atoms with van der Waals surface area (Å²) in [6, 6.07) is 5.92. The molecule has 1 heterocycles. The molecule has 2 aromatic rings. The first-order valence-corrected chi connectivity index (χ1v) is 7.07. The van der Waals surface area contributed by atoms with Gasteiger partial charge in [0.15, 0.2) is 5.84 Å². The molecule has 25 heavy (non-hydrogen) atoms. The smallest absolute Gasteiger partial charge is 0.416 e. The lowest BCUT2D eigenvalue weighted by Crippen LogP contribution is -2.16. The van der Waals surface area contributed by atoms with Gasteiger partial charge in [-0.3, -0.25) is 0 Å². The summed E-state index contributed by atoms with van der Waals surface area (Å²) in [4.78, 5) is 4.90. The number of aryl methyl sites for hydroxylation is 1. The van der Waals surface area contributed by atoms with Crippen molar-refractivity contribution in [2.45, 2.75) is 13.1 Å². The number of hydrogen-bond donors (Lipinski definition) is 1. The summed E-state index contributed by atoms with van der Waals surface area (Å²) in [5.74, 6) is -0.204. The summed E-state index contributed by atoms with van der Waals surface area (Å²) in [7, 11) is 0. The van der Waals surface area contributed by atoms with Crippen LogP contribution < -0.4 is 10.5 Å². The zero-order valence-corrected chi connectivity index (χ0v) is 13.2. The third-order valence-corrected chi connectivity index (χ3v) is 2.89. The first-order valence-electron chi connectivity index (χ1n) is 7.07. The van der Waals surface area contributed by atoms with Crippen molar-refractivity contribution in [3.05, 3.63) is 59.8 Å². The molecule has 0 saturated heterocycles. The van der Waals surface area contributed by atoms with Gasteiger partial charge in [0.25, 0.3) is 0 Å². The summed E-state index contributed by atoms with van der Waals surface area (Å²) in [5, 5.41) is 11.3. The number of aromatic nitrogens is 2. The van der Waals surface area contributed by atoms with Gasteiger partial charge in [-0.05, 0) is 31.2 Å². The predicted octanol–water partition coefficient (Wildman–Crippen LogP) is 3.42. The number of halogens is 3. The van der Waals surface area contributed by atoms with Crippen LogP contribution in [0.4, 0.5) is 13.2 Å². The Bertz CT molecular complexity index is 791. The summed E-state index contributed by atoms with van der Waals surface area (Å²) in [5.41, 5.74) is 5.74. The van der Waals surface area contributed by atoms with Gasteiger partial charge in [0.1, 0.15) is 12.4 Å². The van der Waals surface area contributed by atoms with Crippen molar-refractivity contribution >= 4 is 5.84 Å². The van der Waals surface area contributed by atoms with Crippen LogP contribution in [0.2, 0.25) is 0 Å². The average molecular weight is 352 g/mol. The van der Waals surface area contributed by atoms with Crippen molar-refractivity contribution in [3.63, 3.8) is 0 Å². The van der Waals surface area contributed by atoms with E-state index in [-0.39, 0.29) is 29.6 Å². The maximum atomic E-state index is 12.8. The SMILES string of the molecule is C=CCON=C(N)c1cc(C)nnc1Oc1cccc(C(F)(F)F)c1. The molecule has 0 aliphatic heterocycles. The Hall–Kier alpha value is -3.10. The molecule has 2 rings (SSSR count). The van der Waals surface area contributed by atoms with Crippen LogP contribution in [0, 0.1) is 6.92 Å². The maximum Gasteiger partial charge on any atom is 0.416 e. The fourth-order valence-corrected chi connectivity index (χ4v) is 1.79. The van der Waals surface area contributed by atoms with Crippen LogP contribution in [0.15, 0.2) is 48.1 Å². The fourth-order valence-electron chi connectivity index (χ4n) is 1.79. The van der Waals surface area contributed by atoms with Crippen LogP contribution in [0.3, 0.4) is 0 Å². The topological polar surface area (TPSA) is 82.6 Å². The summed E-state index contributed by atoms with van der Waals surface area (Å²) < 4.78 is 43.8. The van der Waals surface area contributed by atoms with Gasteiger partial charge in [0, 0.05) is 0 Å². The molecule has 0 atom stereocenters. The highest BCUT2D eigenvalue weighted by molar-refractivity contribution is 5.99. The standard InChI is InChI=1S/C16H15F3N4O2/c1-3-7-24-23-14(20)13-8-10(2)21-22-15(13)25-12-6-4-5-11(9-12)16(17,18)19/h3-6,8-9H,1,7H2,2H3,(H2,20,23). The van der Waals surface area contributed by atoms with E-state index >= 15 is 0 Å². The van der Waals surface area contributed by atoms with Gasteiger partial charge in [-0.2, -0.15) is 18.3 Å². The molecule has 0 aliphatic carbocycles. The highest BCUT2D eigenvalue weighted by Gasteiger charge is 2.30. The molecule has 0 saturated carbocycles. The van der Waals surface area contributed by atoms with Gasteiger partial charge < -0.3 is 15.3 Å². The van der Waals surface area contributed by atoms with Gasteiger partial charge in [-0.15, -0.1) is 5.10 Å². The molecule has 132 valence electrons. The number of rotatable bonds is 6. The largest absolute Gasteiger partial charge is 0.437 e. The molecule has 0 bridgehead atoms. The minimum atomic E-state index is -4.49. The lowest BCUT2D eigenvalue weighted by atomic mass is 10.2. The Morgan fingerprint density at radius 1 is 1.32 bits per heavy atom. The summed E-state index contributed by atoms with van der Waals surface area (Å²) in [6.45, 7) is 5.28. The molecule has 0 spiro atoms. The van der Waals surface area contributed by atoms with Crippen LogP contribution in [-0.4, -0.2) is 22.6 Å². The van der Waals surface area contributed by atoms with Crippen molar-refractivity contribution in [2.75, 3.05) is 6.61 Å². The van der Waals surface area contributed by atoms with E-state index in [4.69, 9.17) is 15.3 Å². The maximum absolute atomic E-state index is 12.8. The van der Waals surface area contributed by atoms with Crippen LogP contribution in [-0.2, 0) is 11.0 Å². The zero-order chi connectivity index (χ0) is 18.4. The predicted molar refractivity (Wildman–Crippen MR) is 85.2 cm³/mol. The molecule has 0 radical (unpaired) electrons. The lowest BCUT2D eigenvalue weighted by molar-refractivity contribution is -0.137. The highest BCUT2D eigenvalue weighted by atomic mass is 19.4. The molecule has 0 aliphatic rings. The molecule has 1 aromatic carbocycles. The van der Waals surface area contributed by atoms with Crippen LogP contribution in [0.25, 0.3) is 0 Å². The second kappa shape index (κ2) is 7.65. The number of benzene rings is 1. The zero-order valence-electron chi connectivity index (χ0n) is 13.2. The van der Waals surface area contributed by atoms with Crippen LogP contribution >= 0.6 is 0 Å². The second-order valence-corrected chi connectivity index (χ2v) is 4.89. The van der Waals surface area contributed by atoms with E-state index in [9.17, 15) is 13.2 Å². The third kappa shape index (κ3) is 4.93. The molecule has 0 unspecified atom stereocenters. The van der Waals surface area contributed by atoms with Gasteiger partial charge in [0.2, 0.25) is 5.88 Å². The lowest BCUT2D eigenvalue weighted by Gasteiger charge is -2.11. The Morgan fingerprint density at radius 2 is 2.08 bits per heavy atom. The minimum absolute atomic E-state index is 0.0539. The van der Waals surface area contributed by atoms with Crippen LogP contribution in [0.1, 0.15) is 16.8 Å². The quantitative estimate of drug-likeness (QED) is 0.283. The van der Waals surface area contributed by atoms with Crippen molar-refractivity contribution in [2.24, 2.45) is 10.9 Å². The number of nitrogens with two attached hydrogens (primary N) is 1. The van der Waals surface area contributed by atoms with Crippen molar-refractivity contribution in [1.82, 2.24) is 10.2 Å². The molecule has 0 fully saturated rings. The van der Waals surface area contributed by atoms with Gasteiger partial charge in [0.05, 0.1) is 16.8 Å². The monoisotopic (exact) mass is 352 g/mol. The molecule has 6 nitrogen and oxygen atoms in total. The fraction of sp³-hybridized carbons (Fsp3) is 0.188. The van der Waals surface area contributed by atoms with E-state index in [1.165, 1.54) is 24.3 Å². The molecule has 2 N–H and O–H groups in total. The van der Waals surface area contributed by atoms with Crippen LogP contribution in [0.5, 0.6) is 11.6 Å². The Kier molecular flexibility index (Phi) is 5.58. The number of ether oxygens (including phenoxy) is 1. The number of hydrogen-bond acceptors (Lipinski definition) is 5. The highest BCUT2D eigenvalue weighted by Crippen LogP contribution is 2.32. The van der Waals surface area contributed by atoms with E-state index in [0.717, 1.165) is 12.1 Å². The minimum Gasteiger partial charge on any atom is -0.437 e. The van der Waals surface area contributed by atoms with Gasteiger partial charge in [-0.1, -0.05) is 23.9 Å². The normalized spacial score (nSPS) is 11.9. The van der Waals surface area contributed by atoms with E-state index in [1.54, 1.807) is 6.92 Å². The van der Waals surface area contributed by atoms with E-state index in [0.29, 0.717) is 5.69 Å². The second-order valence-electron chi connectivity index (χ2n) is 4.89. The average Bonchev–Trinajstić information content (AvgIpc) is 2.56. The molecule has 9 heteroatoms. The number of amidine groups is 1. The van der Waals surface area contributed by atoms with Crippen molar-refractivity contribution in [1.29, 1.82) is 0 Å². The molecule has 1 aromatic heterocycles. The molecular formula is C16H15F3N4O2. The first-order chi connectivity index (χ1) is 11.8. The Balaban J connectivity index is 2.34. The Morgan fingerprint density at radius 3 is 2.76 bits per heavy atom. The Labute approximate surface area is 141 Å².